The summed E-state index contributed by atoms with van der Waals surface area (Å²) in [5.74, 6) is -0.308. The van der Waals surface area contributed by atoms with E-state index < -0.39 is 0 Å². The van der Waals surface area contributed by atoms with Crippen LogP contribution in [-0.4, -0.2) is 35.0 Å². The van der Waals surface area contributed by atoms with E-state index in [1.165, 1.54) is 12.1 Å². The zero-order valence-corrected chi connectivity index (χ0v) is 15.5. The van der Waals surface area contributed by atoms with E-state index in [1.54, 1.807) is 0 Å². The molecule has 1 aliphatic rings. The molecule has 1 aliphatic heterocycles. The van der Waals surface area contributed by atoms with Crippen molar-refractivity contribution in [1.82, 2.24) is 14.8 Å². The van der Waals surface area contributed by atoms with Crippen LogP contribution in [0.3, 0.4) is 0 Å². The van der Waals surface area contributed by atoms with Gasteiger partial charge in [-0.1, -0.05) is 18.2 Å². The van der Waals surface area contributed by atoms with Crippen LogP contribution in [0.1, 0.15) is 34.8 Å². The minimum absolute atomic E-state index is 0.0621. The molecule has 4 nitrogen and oxygen atoms in total. The van der Waals surface area contributed by atoms with Gasteiger partial charge in [-0.3, -0.25) is 9.69 Å². The number of benzene rings is 2. The number of hydrogen-bond donors (Lipinski definition) is 1. The summed E-state index contributed by atoms with van der Waals surface area (Å²) in [4.78, 5) is 15.2. The Morgan fingerprint density at radius 3 is 2.59 bits per heavy atom. The Kier molecular flexibility index (Phi) is 4.94. The van der Waals surface area contributed by atoms with Crippen molar-refractivity contribution in [3.63, 3.8) is 0 Å². The third-order valence-electron chi connectivity index (χ3n) is 5.46. The Balaban J connectivity index is 1.54. The third kappa shape index (κ3) is 3.60. The fourth-order valence-electron chi connectivity index (χ4n) is 3.98. The van der Waals surface area contributed by atoms with Crippen LogP contribution in [0.4, 0.5) is 4.39 Å². The summed E-state index contributed by atoms with van der Waals surface area (Å²) in [6.07, 6.45) is 4.29. The molecule has 0 bridgehead atoms. The Labute approximate surface area is 158 Å². The SMILES string of the molecule is Cn1ccc2c(C(=O)NC[C@H](c3ccc(F)cc3)N3CCCC3)cccc21. The second kappa shape index (κ2) is 7.53. The molecule has 140 valence electrons. The lowest BCUT2D eigenvalue weighted by Gasteiger charge is -2.28. The van der Waals surface area contributed by atoms with Crippen molar-refractivity contribution in [3.05, 3.63) is 71.7 Å². The molecular weight excluding hydrogens is 341 g/mol. The molecule has 1 atom stereocenters. The predicted octanol–water partition coefficient (Wildman–Crippen LogP) is 3.88. The zero-order valence-electron chi connectivity index (χ0n) is 15.5. The molecule has 1 fully saturated rings. The van der Waals surface area contributed by atoms with Gasteiger partial charge in [0.1, 0.15) is 5.82 Å². The largest absolute Gasteiger partial charge is 0.351 e. The van der Waals surface area contributed by atoms with Gasteiger partial charge in [-0.15, -0.1) is 0 Å². The number of rotatable bonds is 5. The number of carbonyl (C=O) groups excluding carboxylic acids is 1. The highest BCUT2D eigenvalue weighted by molar-refractivity contribution is 6.06. The molecule has 1 saturated heterocycles. The molecule has 3 aromatic rings. The highest BCUT2D eigenvalue weighted by atomic mass is 19.1. The molecule has 0 spiro atoms. The fraction of sp³-hybridized carbons (Fsp3) is 0.318. The van der Waals surface area contributed by atoms with Gasteiger partial charge in [0.15, 0.2) is 0 Å². The molecule has 0 unspecified atom stereocenters. The number of aryl methyl sites for hydroxylation is 1. The normalized spacial score (nSPS) is 15.9. The van der Waals surface area contributed by atoms with Crippen molar-refractivity contribution in [2.75, 3.05) is 19.6 Å². The van der Waals surface area contributed by atoms with Gasteiger partial charge in [0, 0.05) is 36.3 Å². The van der Waals surface area contributed by atoms with Gasteiger partial charge in [0.2, 0.25) is 0 Å². The molecule has 5 heteroatoms. The molecule has 1 amide bonds. The van der Waals surface area contributed by atoms with Crippen LogP contribution in [0.5, 0.6) is 0 Å². The van der Waals surface area contributed by atoms with E-state index in [0.717, 1.165) is 42.4 Å². The minimum atomic E-state index is -0.237. The molecule has 2 heterocycles. The molecule has 4 rings (SSSR count). The lowest BCUT2D eigenvalue weighted by molar-refractivity contribution is 0.0939. The molecule has 0 saturated carbocycles. The van der Waals surface area contributed by atoms with Crippen LogP contribution < -0.4 is 5.32 Å². The summed E-state index contributed by atoms with van der Waals surface area (Å²) in [6.45, 7) is 2.52. The number of aromatic nitrogens is 1. The van der Waals surface area contributed by atoms with E-state index in [2.05, 4.69) is 10.2 Å². The summed E-state index contributed by atoms with van der Waals surface area (Å²) in [7, 11) is 1.97. The van der Waals surface area contributed by atoms with E-state index in [-0.39, 0.29) is 17.8 Å². The Hall–Kier alpha value is -2.66. The van der Waals surface area contributed by atoms with Crippen molar-refractivity contribution in [3.8, 4) is 0 Å². The smallest absolute Gasteiger partial charge is 0.252 e. The van der Waals surface area contributed by atoms with E-state index in [1.807, 2.05) is 54.2 Å². The van der Waals surface area contributed by atoms with E-state index in [4.69, 9.17) is 0 Å². The number of nitrogens with zero attached hydrogens (tertiary/aromatic N) is 2. The Morgan fingerprint density at radius 2 is 1.85 bits per heavy atom. The van der Waals surface area contributed by atoms with E-state index >= 15 is 0 Å². The first-order valence-corrected chi connectivity index (χ1v) is 9.45. The van der Waals surface area contributed by atoms with Crippen LogP contribution in [0.2, 0.25) is 0 Å². The van der Waals surface area contributed by atoms with Gasteiger partial charge in [0.25, 0.3) is 5.91 Å². The first-order valence-electron chi connectivity index (χ1n) is 9.45. The highest BCUT2D eigenvalue weighted by Crippen LogP contribution is 2.25. The Morgan fingerprint density at radius 1 is 1.11 bits per heavy atom. The fourth-order valence-corrected chi connectivity index (χ4v) is 3.98. The van der Waals surface area contributed by atoms with Gasteiger partial charge in [-0.2, -0.15) is 0 Å². The maximum Gasteiger partial charge on any atom is 0.252 e. The van der Waals surface area contributed by atoms with Crippen molar-refractivity contribution in [2.45, 2.75) is 18.9 Å². The van der Waals surface area contributed by atoms with Crippen LogP contribution >= 0.6 is 0 Å². The molecule has 0 aliphatic carbocycles. The summed E-state index contributed by atoms with van der Waals surface area (Å²) >= 11 is 0. The molecule has 0 radical (unpaired) electrons. The molecule has 1 N–H and O–H groups in total. The van der Waals surface area contributed by atoms with Crippen LogP contribution in [-0.2, 0) is 7.05 Å². The summed E-state index contributed by atoms with van der Waals surface area (Å²) < 4.78 is 15.3. The van der Waals surface area contributed by atoms with Crippen molar-refractivity contribution in [2.24, 2.45) is 7.05 Å². The van der Waals surface area contributed by atoms with E-state index in [9.17, 15) is 9.18 Å². The monoisotopic (exact) mass is 365 g/mol. The van der Waals surface area contributed by atoms with Crippen molar-refractivity contribution in [1.29, 1.82) is 0 Å². The first-order chi connectivity index (χ1) is 13.1. The van der Waals surface area contributed by atoms with Crippen LogP contribution in [0, 0.1) is 5.82 Å². The average molecular weight is 365 g/mol. The predicted molar refractivity (Wildman–Crippen MR) is 105 cm³/mol. The van der Waals surface area contributed by atoms with Crippen molar-refractivity contribution >= 4 is 16.8 Å². The number of likely N-dealkylation sites (tertiary alicyclic amines) is 1. The standard InChI is InChI=1S/C22H24FN3O/c1-25-14-11-18-19(5-4-6-20(18)25)22(27)24-15-21(26-12-2-3-13-26)16-7-9-17(23)10-8-16/h4-11,14,21H,2-3,12-13,15H2,1H3,(H,24,27)/t21-/m1/s1. The van der Waals surface area contributed by atoms with Gasteiger partial charge in [-0.05, 0) is 61.8 Å². The molecule has 27 heavy (non-hydrogen) atoms. The molecule has 1 aromatic heterocycles. The number of carbonyl (C=O) groups is 1. The second-order valence-corrected chi connectivity index (χ2v) is 7.19. The molecule has 2 aromatic carbocycles. The topological polar surface area (TPSA) is 37.3 Å². The summed E-state index contributed by atoms with van der Waals surface area (Å²) in [6, 6.07) is 14.4. The number of hydrogen-bond acceptors (Lipinski definition) is 2. The lowest BCUT2D eigenvalue weighted by Crippen LogP contribution is -2.36. The van der Waals surface area contributed by atoms with Crippen molar-refractivity contribution < 1.29 is 9.18 Å². The van der Waals surface area contributed by atoms with Gasteiger partial charge < -0.3 is 9.88 Å². The maximum atomic E-state index is 13.3. The lowest BCUT2D eigenvalue weighted by atomic mass is 10.0. The van der Waals surface area contributed by atoms with Gasteiger partial charge in [-0.25, -0.2) is 4.39 Å². The average Bonchev–Trinajstić information content (AvgIpc) is 3.34. The number of fused-ring (bicyclic) bond motifs is 1. The number of halogens is 1. The number of amides is 1. The highest BCUT2D eigenvalue weighted by Gasteiger charge is 2.24. The Bertz CT molecular complexity index is 942. The van der Waals surface area contributed by atoms with Crippen LogP contribution in [0.25, 0.3) is 10.9 Å². The van der Waals surface area contributed by atoms with E-state index in [0.29, 0.717) is 12.1 Å². The minimum Gasteiger partial charge on any atom is -0.351 e. The first kappa shape index (κ1) is 17.7. The maximum absolute atomic E-state index is 13.3. The second-order valence-electron chi connectivity index (χ2n) is 7.19. The zero-order chi connectivity index (χ0) is 18.8. The van der Waals surface area contributed by atoms with Crippen LogP contribution in [0.15, 0.2) is 54.7 Å². The summed E-state index contributed by atoms with van der Waals surface area (Å²) in [5.41, 5.74) is 2.76. The quantitative estimate of drug-likeness (QED) is 0.745. The molecular formula is C22H24FN3O. The van der Waals surface area contributed by atoms with Gasteiger partial charge >= 0.3 is 0 Å². The number of nitrogens with one attached hydrogen (secondary N) is 1. The van der Waals surface area contributed by atoms with Gasteiger partial charge in [0.05, 0.1) is 6.04 Å². The summed E-state index contributed by atoms with van der Waals surface area (Å²) in [5, 5.41) is 4.06. The third-order valence-corrected chi connectivity index (χ3v) is 5.46.